The van der Waals surface area contributed by atoms with E-state index in [-0.39, 0.29) is 5.75 Å². The summed E-state index contributed by atoms with van der Waals surface area (Å²) in [4.78, 5) is 2.30. The van der Waals surface area contributed by atoms with E-state index in [1.165, 1.54) is 12.8 Å². The molecule has 1 fully saturated rings. The second-order valence-electron chi connectivity index (χ2n) is 6.52. The van der Waals surface area contributed by atoms with Crippen molar-refractivity contribution in [3.8, 4) is 0 Å². The van der Waals surface area contributed by atoms with Gasteiger partial charge in [-0.2, -0.15) is 0 Å². The minimum absolute atomic E-state index is 0.286. The van der Waals surface area contributed by atoms with Crippen LogP contribution in [0.4, 0.5) is 0 Å². The van der Waals surface area contributed by atoms with Gasteiger partial charge in [0, 0.05) is 6.54 Å². The first kappa shape index (κ1) is 16.9. The number of rotatable bonds is 6. The topological polar surface area (TPSA) is 49.4 Å². The molecule has 1 N–H and O–H groups in total. The van der Waals surface area contributed by atoms with E-state index in [1.54, 1.807) is 20.8 Å². The monoisotopic (exact) mass is 290 g/mol. The van der Waals surface area contributed by atoms with E-state index in [1.807, 2.05) is 0 Å². The third kappa shape index (κ3) is 5.40. The maximum atomic E-state index is 12.1. The minimum Gasteiger partial charge on any atom is -0.317 e. The summed E-state index contributed by atoms with van der Waals surface area (Å²) < 4.78 is 23.5. The highest BCUT2D eigenvalue weighted by atomic mass is 32.2. The summed E-state index contributed by atoms with van der Waals surface area (Å²) in [5.41, 5.74) is 0. The molecular formula is C14H30N2O2S. The molecule has 0 atom stereocenters. The molecule has 0 spiro atoms. The summed E-state index contributed by atoms with van der Waals surface area (Å²) in [7, 11) is -2.98. The molecule has 114 valence electrons. The van der Waals surface area contributed by atoms with E-state index < -0.39 is 14.6 Å². The lowest BCUT2D eigenvalue weighted by Gasteiger charge is -2.32. The molecular weight excluding hydrogens is 260 g/mol. The minimum atomic E-state index is -2.98. The lowest BCUT2D eigenvalue weighted by atomic mass is 9.97. The summed E-state index contributed by atoms with van der Waals surface area (Å²) in [6.07, 6.45) is 2.37. The summed E-state index contributed by atoms with van der Waals surface area (Å²) in [5.74, 6) is 1.05. The van der Waals surface area contributed by atoms with Crippen LogP contribution in [0.3, 0.4) is 0 Å². The molecule has 1 aliphatic rings. The second kappa shape index (κ2) is 7.04. The van der Waals surface area contributed by atoms with Gasteiger partial charge in [0.25, 0.3) is 0 Å². The molecule has 0 aromatic carbocycles. The van der Waals surface area contributed by atoms with Gasteiger partial charge in [-0.3, -0.25) is 0 Å². The molecule has 4 nitrogen and oxygen atoms in total. The molecule has 5 heteroatoms. The Bertz CT molecular complexity index is 352. The molecule has 0 radical (unpaired) electrons. The number of sulfone groups is 1. The number of hydrogen-bond donors (Lipinski definition) is 1. The van der Waals surface area contributed by atoms with E-state index in [9.17, 15) is 8.42 Å². The summed E-state index contributed by atoms with van der Waals surface area (Å²) in [6, 6.07) is 0. The van der Waals surface area contributed by atoms with Crippen LogP contribution in [0.1, 0.15) is 40.5 Å². The lowest BCUT2D eigenvalue weighted by Crippen LogP contribution is -2.41. The van der Waals surface area contributed by atoms with Crippen LogP contribution in [-0.2, 0) is 9.84 Å². The van der Waals surface area contributed by atoms with Crippen molar-refractivity contribution < 1.29 is 8.42 Å². The van der Waals surface area contributed by atoms with Crippen LogP contribution in [-0.4, -0.2) is 56.5 Å². The zero-order valence-corrected chi connectivity index (χ0v) is 13.7. The molecule has 0 bridgehead atoms. The van der Waals surface area contributed by atoms with Crippen LogP contribution in [0.15, 0.2) is 0 Å². The predicted molar refractivity (Wildman–Crippen MR) is 81.2 cm³/mol. The number of likely N-dealkylation sites (tertiary alicyclic amines) is 1. The zero-order chi connectivity index (χ0) is 14.5. The standard InChI is InChI=1S/C14H30N2O2S/c1-5-15-12-13-6-8-16(9-7-13)10-11-19(17,18)14(2,3)4/h13,15H,5-12H2,1-4H3. The maximum Gasteiger partial charge on any atom is 0.156 e. The first-order valence-corrected chi connectivity index (χ1v) is 9.07. The summed E-state index contributed by atoms with van der Waals surface area (Å²) in [6.45, 7) is 12.4. The van der Waals surface area contributed by atoms with Gasteiger partial charge in [-0.25, -0.2) is 8.42 Å². The highest BCUT2D eigenvalue weighted by molar-refractivity contribution is 7.92. The van der Waals surface area contributed by atoms with E-state index in [4.69, 9.17) is 0 Å². The Morgan fingerprint density at radius 2 is 1.79 bits per heavy atom. The lowest BCUT2D eigenvalue weighted by molar-refractivity contribution is 0.191. The van der Waals surface area contributed by atoms with Gasteiger partial charge >= 0.3 is 0 Å². The van der Waals surface area contributed by atoms with Gasteiger partial charge < -0.3 is 10.2 Å². The van der Waals surface area contributed by atoms with E-state index in [0.29, 0.717) is 6.54 Å². The van der Waals surface area contributed by atoms with Crippen LogP contribution in [0, 0.1) is 5.92 Å². The molecule has 1 heterocycles. The molecule has 0 aromatic heterocycles. The van der Waals surface area contributed by atoms with Gasteiger partial charge in [0.15, 0.2) is 9.84 Å². The van der Waals surface area contributed by atoms with Crippen molar-refractivity contribution >= 4 is 9.84 Å². The average Bonchev–Trinajstić information content (AvgIpc) is 2.34. The average molecular weight is 290 g/mol. The van der Waals surface area contributed by atoms with Crippen LogP contribution in [0.5, 0.6) is 0 Å². The van der Waals surface area contributed by atoms with Crippen molar-refractivity contribution in [2.24, 2.45) is 5.92 Å². The highest BCUT2D eigenvalue weighted by Crippen LogP contribution is 2.19. The Labute approximate surface area is 118 Å². The van der Waals surface area contributed by atoms with E-state index in [2.05, 4.69) is 17.1 Å². The molecule has 0 amide bonds. The highest BCUT2D eigenvalue weighted by Gasteiger charge is 2.29. The van der Waals surface area contributed by atoms with Crippen molar-refractivity contribution in [1.82, 2.24) is 10.2 Å². The molecule has 19 heavy (non-hydrogen) atoms. The number of nitrogens with one attached hydrogen (secondary N) is 1. The van der Waals surface area contributed by atoms with Crippen LogP contribution in [0.2, 0.25) is 0 Å². The van der Waals surface area contributed by atoms with Crippen molar-refractivity contribution in [3.05, 3.63) is 0 Å². The van der Waals surface area contributed by atoms with Gasteiger partial charge in [0.1, 0.15) is 0 Å². The van der Waals surface area contributed by atoms with Crippen molar-refractivity contribution in [1.29, 1.82) is 0 Å². The Morgan fingerprint density at radius 3 is 2.26 bits per heavy atom. The molecule has 0 aromatic rings. The van der Waals surface area contributed by atoms with Crippen molar-refractivity contribution in [3.63, 3.8) is 0 Å². The van der Waals surface area contributed by atoms with Crippen LogP contribution < -0.4 is 5.32 Å². The Balaban J connectivity index is 2.31. The smallest absolute Gasteiger partial charge is 0.156 e. The SMILES string of the molecule is CCNCC1CCN(CCS(=O)(=O)C(C)(C)C)CC1. The van der Waals surface area contributed by atoms with E-state index >= 15 is 0 Å². The largest absolute Gasteiger partial charge is 0.317 e. The molecule has 0 saturated carbocycles. The number of hydrogen-bond acceptors (Lipinski definition) is 4. The molecule has 1 saturated heterocycles. The third-order valence-electron chi connectivity index (χ3n) is 4.00. The first-order chi connectivity index (χ1) is 8.76. The number of nitrogens with zero attached hydrogens (tertiary/aromatic N) is 1. The molecule has 0 aliphatic carbocycles. The van der Waals surface area contributed by atoms with Gasteiger partial charge in [0.2, 0.25) is 0 Å². The fraction of sp³-hybridized carbons (Fsp3) is 1.00. The van der Waals surface area contributed by atoms with Gasteiger partial charge in [-0.05, 0) is 65.7 Å². The van der Waals surface area contributed by atoms with Crippen LogP contribution >= 0.6 is 0 Å². The quantitative estimate of drug-likeness (QED) is 0.806. The fourth-order valence-corrected chi connectivity index (χ4v) is 3.43. The van der Waals surface area contributed by atoms with Gasteiger partial charge in [-0.1, -0.05) is 6.92 Å². The third-order valence-corrected chi connectivity index (χ3v) is 6.59. The van der Waals surface area contributed by atoms with Crippen molar-refractivity contribution in [2.75, 3.05) is 38.5 Å². The Morgan fingerprint density at radius 1 is 1.21 bits per heavy atom. The normalized spacial score (nSPS) is 19.8. The molecule has 1 aliphatic heterocycles. The Kier molecular flexibility index (Phi) is 6.27. The zero-order valence-electron chi connectivity index (χ0n) is 12.9. The maximum absolute atomic E-state index is 12.1. The van der Waals surface area contributed by atoms with Crippen molar-refractivity contribution in [2.45, 2.75) is 45.3 Å². The fourth-order valence-electron chi connectivity index (χ4n) is 2.32. The summed E-state index contributed by atoms with van der Waals surface area (Å²) >= 11 is 0. The van der Waals surface area contributed by atoms with Crippen LogP contribution in [0.25, 0.3) is 0 Å². The van der Waals surface area contributed by atoms with E-state index in [0.717, 1.165) is 32.1 Å². The second-order valence-corrected chi connectivity index (χ2v) is 9.39. The first-order valence-electron chi connectivity index (χ1n) is 7.41. The van der Waals surface area contributed by atoms with Gasteiger partial charge in [0.05, 0.1) is 10.5 Å². The number of piperidine rings is 1. The molecule has 1 rings (SSSR count). The Hall–Kier alpha value is -0.130. The molecule has 0 unspecified atom stereocenters. The van der Waals surface area contributed by atoms with Gasteiger partial charge in [-0.15, -0.1) is 0 Å². The summed E-state index contributed by atoms with van der Waals surface area (Å²) in [5, 5.41) is 3.39. The predicted octanol–water partition coefficient (Wildman–Crippen LogP) is 1.52.